The summed E-state index contributed by atoms with van der Waals surface area (Å²) in [7, 11) is 0. The van der Waals surface area contributed by atoms with Crippen molar-refractivity contribution in [3.63, 3.8) is 0 Å². The maximum Gasteiger partial charge on any atom is 0.159 e. The normalized spacial score (nSPS) is 18.3. The van der Waals surface area contributed by atoms with Crippen LogP contribution >= 0.6 is 0 Å². The summed E-state index contributed by atoms with van der Waals surface area (Å²) in [6.45, 7) is 8.53. The van der Waals surface area contributed by atoms with Crippen LogP contribution in [-0.2, 0) is 4.79 Å². The Bertz CT molecular complexity index is 303. The second-order valence-corrected chi connectivity index (χ2v) is 4.88. The highest BCUT2D eigenvalue weighted by molar-refractivity contribution is 5.98. The zero-order valence-electron chi connectivity index (χ0n) is 10.4. The molecule has 1 unspecified atom stereocenters. The third-order valence-corrected chi connectivity index (χ3v) is 3.13. The van der Waals surface area contributed by atoms with Crippen LogP contribution in [0.25, 0.3) is 0 Å². The van der Waals surface area contributed by atoms with Crippen molar-refractivity contribution in [3.05, 3.63) is 22.8 Å². The molecule has 0 aliphatic heterocycles. The van der Waals surface area contributed by atoms with Crippen molar-refractivity contribution in [1.82, 2.24) is 0 Å². The monoisotopic (exact) mass is 206 g/mol. The van der Waals surface area contributed by atoms with E-state index in [2.05, 4.69) is 33.8 Å². The number of Topliss-reactive ketones (excluding diaryl/α,β-unsaturated/α-hetero) is 1. The minimum Gasteiger partial charge on any atom is -0.295 e. The van der Waals surface area contributed by atoms with Gasteiger partial charge >= 0.3 is 0 Å². The molecule has 1 atom stereocenters. The van der Waals surface area contributed by atoms with Crippen molar-refractivity contribution >= 4 is 5.78 Å². The summed E-state index contributed by atoms with van der Waals surface area (Å²) in [5, 5.41) is 0. The highest BCUT2D eigenvalue weighted by Gasteiger charge is 2.24. The fourth-order valence-corrected chi connectivity index (χ4v) is 2.27. The number of ketones is 1. The molecule has 0 bridgehead atoms. The molecule has 0 N–H and O–H groups in total. The summed E-state index contributed by atoms with van der Waals surface area (Å²) in [5.74, 6) is 0.827. The Labute approximate surface area is 93.3 Å². The minimum absolute atomic E-state index is 0.386. The molecule has 1 aliphatic carbocycles. The van der Waals surface area contributed by atoms with Gasteiger partial charge in [0, 0.05) is 6.42 Å². The SMILES string of the molecule is CC(C)=CCCC(C)C1=C(C)CCC1=O. The predicted molar refractivity (Wildman–Crippen MR) is 64.8 cm³/mol. The zero-order chi connectivity index (χ0) is 11.4. The van der Waals surface area contributed by atoms with Gasteiger partial charge in [-0.15, -0.1) is 0 Å². The maximum absolute atomic E-state index is 11.6. The van der Waals surface area contributed by atoms with Gasteiger partial charge in [0.15, 0.2) is 5.78 Å². The Morgan fingerprint density at radius 3 is 2.53 bits per heavy atom. The van der Waals surface area contributed by atoms with Crippen molar-refractivity contribution in [2.24, 2.45) is 5.92 Å². The van der Waals surface area contributed by atoms with Gasteiger partial charge in [-0.25, -0.2) is 0 Å². The average Bonchev–Trinajstić information content (AvgIpc) is 2.45. The number of allylic oxidation sites excluding steroid dienone is 4. The summed E-state index contributed by atoms with van der Waals surface area (Å²) in [6, 6.07) is 0. The molecule has 1 nitrogen and oxygen atoms in total. The lowest BCUT2D eigenvalue weighted by Gasteiger charge is -2.12. The number of carbonyl (C=O) groups excluding carboxylic acids is 1. The van der Waals surface area contributed by atoms with Crippen LogP contribution in [0.3, 0.4) is 0 Å². The standard InChI is InChI=1S/C14H22O/c1-10(2)6-5-7-11(3)14-12(4)8-9-13(14)15/h6,11H,5,7-9H2,1-4H3. The lowest BCUT2D eigenvalue weighted by Crippen LogP contribution is -2.06. The molecule has 0 aromatic carbocycles. The van der Waals surface area contributed by atoms with Crippen LogP contribution in [0.15, 0.2) is 22.8 Å². The van der Waals surface area contributed by atoms with Crippen LogP contribution < -0.4 is 0 Å². The molecule has 0 heterocycles. The van der Waals surface area contributed by atoms with Gasteiger partial charge in [-0.2, -0.15) is 0 Å². The van der Waals surface area contributed by atoms with Crippen molar-refractivity contribution < 1.29 is 4.79 Å². The van der Waals surface area contributed by atoms with E-state index in [0.29, 0.717) is 11.7 Å². The molecule has 84 valence electrons. The topological polar surface area (TPSA) is 17.1 Å². The van der Waals surface area contributed by atoms with Gasteiger partial charge in [-0.1, -0.05) is 24.1 Å². The van der Waals surface area contributed by atoms with Gasteiger partial charge in [0.05, 0.1) is 0 Å². The second kappa shape index (κ2) is 5.29. The van der Waals surface area contributed by atoms with E-state index in [1.165, 1.54) is 11.1 Å². The summed E-state index contributed by atoms with van der Waals surface area (Å²) in [4.78, 5) is 11.6. The van der Waals surface area contributed by atoms with Gasteiger partial charge in [0.2, 0.25) is 0 Å². The molecule has 0 aromatic rings. The Hall–Kier alpha value is -0.850. The van der Waals surface area contributed by atoms with E-state index >= 15 is 0 Å². The van der Waals surface area contributed by atoms with E-state index in [4.69, 9.17) is 0 Å². The molecule has 0 amide bonds. The third-order valence-electron chi connectivity index (χ3n) is 3.13. The summed E-state index contributed by atoms with van der Waals surface area (Å²) >= 11 is 0. The molecule has 1 heteroatoms. The van der Waals surface area contributed by atoms with Crippen LogP contribution in [0.2, 0.25) is 0 Å². The molecule has 0 radical (unpaired) electrons. The molecule has 0 aromatic heterocycles. The molecular weight excluding hydrogens is 184 g/mol. The van der Waals surface area contributed by atoms with Gasteiger partial charge in [0.1, 0.15) is 0 Å². The van der Waals surface area contributed by atoms with Gasteiger partial charge in [-0.3, -0.25) is 4.79 Å². The fourth-order valence-electron chi connectivity index (χ4n) is 2.27. The number of carbonyl (C=O) groups is 1. The van der Waals surface area contributed by atoms with E-state index in [1.807, 2.05) is 0 Å². The van der Waals surface area contributed by atoms with Crippen LogP contribution in [0, 0.1) is 5.92 Å². The van der Waals surface area contributed by atoms with Crippen molar-refractivity contribution in [2.75, 3.05) is 0 Å². The van der Waals surface area contributed by atoms with Gasteiger partial charge < -0.3 is 0 Å². The highest BCUT2D eigenvalue weighted by Crippen LogP contribution is 2.30. The zero-order valence-corrected chi connectivity index (χ0v) is 10.4. The lowest BCUT2D eigenvalue weighted by molar-refractivity contribution is -0.115. The molecule has 0 saturated carbocycles. The van der Waals surface area contributed by atoms with Gasteiger partial charge in [0.25, 0.3) is 0 Å². The minimum atomic E-state index is 0.386. The van der Waals surface area contributed by atoms with Crippen LogP contribution in [-0.4, -0.2) is 5.78 Å². The van der Waals surface area contributed by atoms with Crippen molar-refractivity contribution in [1.29, 1.82) is 0 Å². The molecule has 0 spiro atoms. The van der Waals surface area contributed by atoms with E-state index in [-0.39, 0.29) is 0 Å². The van der Waals surface area contributed by atoms with Crippen LogP contribution in [0.5, 0.6) is 0 Å². The van der Waals surface area contributed by atoms with Gasteiger partial charge in [-0.05, 0) is 51.5 Å². The van der Waals surface area contributed by atoms with E-state index in [1.54, 1.807) is 0 Å². The first-order valence-corrected chi connectivity index (χ1v) is 5.88. The Morgan fingerprint density at radius 1 is 1.40 bits per heavy atom. The number of hydrogen-bond donors (Lipinski definition) is 0. The number of hydrogen-bond acceptors (Lipinski definition) is 1. The van der Waals surface area contributed by atoms with E-state index in [9.17, 15) is 4.79 Å². The van der Waals surface area contributed by atoms with Crippen molar-refractivity contribution in [3.8, 4) is 0 Å². The van der Waals surface area contributed by atoms with E-state index < -0.39 is 0 Å². The van der Waals surface area contributed by atoms with Crippen LogP contribution in [0.1, 0.15) is 53.4 Å². The lowest BCUT2D eigenvalue weighted by atomic mass is 9.92. The Morgan fingerprint density at radius 2 is 2.07 bits per heavy atom. The smallest absolute Gasteiger partial charge is 0.159 e. The summed E-state index contributed by atoms with van der Waals surface area (Å²) in [6.07, 6.45) is 6.18. The number of rotatable bonds is 4. The van der Waals surface area contributed by atoms with E-state index in [0.717, 1.165) is 31.3 Å². The molecule has 0 fully saturated rings. The first kappa shape index (κ1) is 12.2. The summed E-state index contributed by atoms with van der Waals surface area (Å²) < 4.78 is 0. The average molecular weight is 206 g/mol. The quantitative estimate of drug-likeness (QED) is 0.634. The van der Waals surface area contributed by atoms with Crippen molar-refractivity contribution in [2.45, 2.75) is 53.4 Å². The first-order chi connectivity index (χ1) is 7.02. The molecular formula is C14H22O. The summed E-state index contributed by atoms with van der Waals surface area (Å²) in [5.41, 5.74) is 3.81. The first-order valence-electron chi connectivity index (χ1n) is 5.88. The Balaban J connectivity index is 2.54. The Kier molecular flexibility index (Phi) is 4.31. The predicted octanol–water partition coefficient (Wildman–Crippen LogP) is 4.05. The van der Waals surface area contributed by atoms with Crippen LogP contribution in [0.4, 0.5) is 0 Å². The molecule has 1 rings (SSSR count). The highest BCUT2D eigenvalue weighted by atomic mass is 16.1. The fraction of sp³-hybridized carbons (Fsp3) is 0.643. The third kappa shape index (κ3) is 3.33. The maximum atomic E-state index is 11.6. The second-order valence-electron chi connectivity index (χ2n) is 4.88. The molecule has 15 heavy (non-hydrogen) atoms. The largest absolute Gasteiger partial charge is 0.295 e. The molecule has 0 saturated heterocycles. The molecule has 1 aliphatic rings.